The number of fused-ring (bicyclic) bond motifs is 1. The van der Waals surface area contributed by atoms with Crippen LogP contribution in [-0.2, 0) is 0 Å². The van der Waals surface area contributed by atoms with E-state index in [1.165, 1.54) is 18.6 Å². The summed E-state index contributed by atoms with van der Waals surface area (Å²) in [7, 11) is 0. The largest absolute Gasteiger partial charge is 0.458 e. The van der Waals surface area contributed by atoms with E-state index in [1.807, 2.05) is 24.3 Å². The van der Waals surface area contributed by atoms with Gasteiger partial charge in [-0.2, -0.15) is 0 Å². The fourth-order valence-electron chi connectivity index (χ4n) is 2.95. The zero-order valence-corrected chi connectivity index (χ0v) is 14.6. The molecular formula is C18H16ClN5O2. The van der Waals surface area contributed by atoms with Crippen LogP contribution in [0.25, 0.3) is 11.0 Å². The summed E-state index contributed by atoms with van der Waals surface area (Å²) in [5.74, 6) is -0.145. The van der Waals surface area contributed by atoms with Crippen molar-refractivity contribution in [2.45, 2.75) is 18.9 Å². The first-order chi connectivity index (χ1) is 12.7. The van der Waals surface area contributed by atoms with Crippen molar-refractivity contribution < 1.29 is 9.53 Å². The summed E-state index contributed by atoms with van der Waals surface area (Å²) in [6.45, 7) is 1.12. The van der Waals surface area contributed by atoms with Gasteiger partial charge in [-0.1, -0.05) is 23.7 Å². The van der Waals surface area contributed by atoms with E-state index in [0.717, 1.165) is 18.4 Å². The number of amides is 1. The summed E-state index contributed by atoms with van der Waals surface area (Å²) in [4.78, 5) is 31.4. The molecule has 1 saturated heterocycles. The lowest BCUT2D eigenvalue weighted by Gasteiger charge is -2.32. The Hall–Kier alpha value is -2.80. The number of likely N-dealkylation sites (tertiary alicyclic amines) is 1. The molecule has 1 aliphatic heterocycles. The van der Waals surface area contributed by atoms with Gasteiger partial charge in [-0.25, -0.2) is 15.0 Å². The molecule has 1 unspecified atom stereocenters. The number of hydrogen-bond donors (Lipinski definition) is 0. The number of rotatable bonds is 3. The first kappa shape index (κ1) is 16.7. The summed E-state index contributed by atoms with van der Waals surface area (Å²) < 4.78 is 5.79. The highest BCUT2D eigenvalue weighted by Gasteiger charge is 2.27. The van der Waals surface area contributed by atoms with Gasteiger partial charge in [0.2, 0.25) is 0 Å². The number of nitrogens with zero attached hydrogens (tertiary/aromatic N) is 5. The molecule has 0 aliphatic carbocycles. The molecule has 1 amide bonds. The molecule has 0 spiro atoms. The predicted molar refractivity (Wildman–Crippen MR) is 96.1 cm³/mol. The zero-order chi connectivity index (χ0) is 17.9. The van der Waals surface area contributed by atoms with Gasteiger partial charge < -0.3 is 9.64 Å². The molecule has 4 rings (SSSR count). The number of carbonyl (C=O) groups excluding carboxylic acids is 1. The van der Waals surface area contributed by atoms with Gasteiger partial charge in [0.15, 0.2) is 0 Å². The first-order valence-corrected chi connectivity index (χ1v) is 8.72. The molecular weight excluding hydrogens is 354 g/mol. The monoisotopic (exact) mass is 369 g/mol. The zero-order valence-electron chi connectivity index (χ0n) is 13.9. The van der Waals surface area contributed by atoms with Crippen molar-refractivity contribution in [3.63, 3.8) is 0 Å². The van der Waals surface area contributed by atoms with Crippen LogP contribution in [-0.4, -0.2) is 49.9 Å². The molecule has 7 nitrogen and oxygen atoms in total. The Kier molecular flexibility index (Phi) is 4.62. The average Bonchev–Trinajstić information content (AvgIpc) is 2.69. The number of halogens is 1. The normalized spacial score (nSPS) is 17.3. The molecule has 0 bridgehead atoms. The van der Waals surface area contributed by atoms with E-state index in [1.54, 1.807) is 4.90 Å². The quantitative estimate of drug-likeness (QED) is 0.706. The summed E-state index contributed by atoms with van der Waals surface area (Å²) in [5, 5.41) is 0.452. The molecule has 3 heterocycles. The fraction of sp³-hybridized carbons (Fsp3) is 0.278. The fourth-order valence-corrected chi connectivity index (χ4v) is 3.05. The van der Waals surface area contributed by atoms with Crippen LogP contribution in [0.2, 0.25) is 5.02 Å². The van der Waals surface area contributed by atoms with E-state index in [-0.39, 0.29) is 18.0 Å². The van der Waals surface area contributed by atoms with Crippen LogP contribution in [0, 0.1) is 0 Å². The second-order valence-electron chi connectivity index (χ2n) is 6.06. The summed E-state index contributed by atoms with van der Waals surface area (Å²) >= 11 is 5.78. The Morgan fingerprint density at radius 3 is 2.69 bits per heavy atom. The van der Waals surface area contributed by atoms with Crippen LogP contribution in [0.4, 0.5) is 0 Å². The van der Waals surface area contributed by atoms with E-state index in [9.17, 15) is 4.79 Å². The average molecular weight is 370 g/mol. The third-order valence-electron chi connectivity index (χ3n) is 4.20. The van der Waals surface area contributed by atoms with Crippen molar-refractivity contribution in [3.05, 3.63) is 53.6 Å². The predicted octanol–water partition coefficient (Wildman–Crippen LogP) is 2.76. The van der Waals surface area contributed by atoms with Crippen molar-refractivity contribution in [3.8, 4) is 6.01 Å². The molecule has 2 aromatic heterocycles. The highest BCUT2D eigenvalue weighted by atomic mass is 35.5. The van der Waals surface area contributed by atoms with Crippen molar-refractivity contribution in [2.75, 3.05) is 13.1 Å². The van der Waals surface area contributed by atoms with Gasteiger partial charge in [-0.3, -0.25) is 9.78 Å². The van der Waals surface area contributed by atoms with Crippen LogP contribution in [0.15, 0.2) is 42.9 Å². The van der Waals surface area contributed by atoms with E-state index in [4.69, 9.17) is 16.3 Å². The number of carbonyl (C=O) groups is 1. The van der Waals surface area contributed by atoms with Gasteiger partial charge in [0.05, 0.1) is 41.2 Å². The SMILES string of the molecule is O=C(c1cnc2ccccc2n1)N1CCCC(Oc2ncc(Cl)cn2)C1. The molecule has 3 aromatic rings. The number of piperidine rings is 1. The Labute approximate surface area is 155 Å². The molecule has 0 N–H and O–H groups in total. The van der Waals surface area contributed by atoms with Crippen LogP contribution in [0.1, 0.15) is 23.3 Å². The van der Waals surface area contributed by atoms with E-state index in [2.05, 4.69) is 19.9 Å². The minimum atomic E-state index is -0.165. The van der Waals surface area contributed by atoms with Crippen molar-refractivity contribution in [1.82, 2.24) is 24.8 Å². The van der Waals surface area contributed by atoms with E-state index >= 15 is 0 Å². The smallest absolute Gasteiger partial charge is 0.316 e. The van der Waals surface area contributed by atoms with Crippen LogP contribution in [0.5, 0.6) is 6.01 Å². The Morgan fingerprint density at radius 2 is 1.88 bits per heavy atom. The first-order valence-electron chi connectivity index (χ1n) is 8.34. The summed E-state index contributed by atoms with van der Waals surface area (Å²) in [5.41, 5.74) is 1.81. The van der Waals surface area contributed by atoms with Gasteiger partial charge in [-0.05, 0) is 25.0 Å². The molecule has 1 fully saturated rings. The van der Waals surface area contributed by atoms with E-state index in [0.29, 0.717) is 29.3 Å². The van der Waals surface area contributed by atoms with Crippen molar-refractivity contribution >= 4 is 28.5 Å². The molecule has 26 heavy (non-hydrogen) atoms. The lowest BCUT2D eigenvalue weighted by Crippen LogP contribution is -2.44. The van der Waals surface area contributed by atoms with Gasteiger partial charge >= 0.3 is 6.01 Å². The van der Waals surface area contributed by atoms with Crippen LogP contribution >= 0.6 is 11.6 Å². The van der Waals surface area contributed by atoms with Gasteiger partial charge in [0, 0.05) is 6.54 Å². The maximum atomic E-state index is 12.8. The van der Waals surface area contributed by atoms with Crippen LogP contribution in [0.3, 0.4) is 0 Å². The second kappa shape index (κ2) is 7.21. The molecule has 1 aromatic carbocycles. The third kappa shape index (κ3) is 3.57. The summed E-state index contributed by atoms with van der Waals surface area (Å²) in [6.07, 6.45) is 6.00. The molecule has 1 atom stereocenters. The minimum absolute atomic E-state index is 0.145. The molecule has 1 aliphatic rings. The van der Waals surface area contributed by atoms with Gasteiger partial charge in [-0.15, -0.1) is 0 Å². The highest BCUT2D eigenvalue weighted by molar-refractivity contribution is 6.30. The maximum absolute atomic E-state index is 12.8. The Balaban J connectivity index is 1.47. The minimum Gasteiger partial charge on any atom is -0.458 e. The lowest BCUT2D eigenvalue weighted by atomic mass is 10.1. The van der Waals surface area contributed by atoms with Crippen LogP contribution < -0.4 is 4.74 Å². The van der Waals surface area contributed by atoms with Crippen molar-refractivity contribution in [1.29, 1.82) is 0 Å². The number of benzene rings is 1. The standard InChI is InChI=1S/C18H16ClN5O2/c19-12-8-21-18(22-9-12)26-13-4-3-7-24(11-13)17(25)16-10-20-14-5-1-2-6-15(14)23-16/h1-2,5-6,8-10,13H,3-4,7,11H2. The molecule has 0 radical (unpaired) electrons. The molecule has 132 valence electrons. The molecule has 8 heteroatoms. The number of para-hydroxylation sites is 2. The highest BCUT2D eigenvalue weighted by Crippen LogP contribution is 2.18. The lowest BCUT2D eigenvalue weighted by molar-refractivity contribution is 0.0511. The van der Waals surface area contributed by atoms with Gasteiger partial charge in [0.1, 0.15) is 11.8 Å². The third-order valence-corrected chi connectivity index (χ3v) is 4.40. The molecule has 0 saturated carbocycles. The van der Waals surface area contributed by atoms with E-state index < -0.39 is 0 Å². The Bertz CT molecular complexity index is 934. The summed E-state index contributed by atoms with van der Waals surface area (Å²) in [6, 6.07) is 7.75. The number of hydrogen-bond acceptors (Lipinski definition) is 6. The maximum Gasteiger partial charge on any atom is 0.316 e. The van der Waals surface area contributed by atoms with Crippen molar-refractivity contribution in [2.24, 2.45) is 0 Å². The number of aromatic nitrogens is 4. The van der Waals surface area contributed by atoms with Gasteiger partial charge in [0.25, 0.3) is 5.91 Å². The second-order valence-corrected chi connectivity index (χ2v) is 6.50. The topological polar surface area (TPSA) is 81.1 Å². The Morgan fingerprint density at radius 1 is 1.12 bits per heavy atom. The number of ether oxygens (including phenoxy) is 1.